The Hall–Kier alpha value is -0.340. The van der Waals surface area contributed by atoms with Gasteiger partial charge in [0.15, 0.2) is 0 Å². The number of rotatable bonds is 4. The van der Waals surface area contributed by atoms with Crippen LogP contribution in [0.4, 0.5) is 0 Å². The summed E-state index contributed by atoms with van der Waals surface area (Å²) >= 11 is 2.00. The molecule has 1 heterocycles. The number of hydrogen-bond acceptors (Lipinski definition) is 2. The van der Waals surface area contributed by atoms with Crippen molar-refractivity contribution in [1.29, 1.82) is 0 Å². The lowest BCUT2D eigenvalue weighted by molar-refractivity contribution is 0.152. The predicted molar refractivity (Wildman–Crippen MR) is 76.7 cm³/mol. The van der Waals surface area contributed by atoms with E-state index in [1.54, 1.807) is 0 Å². The van der Waals surface area contributed by atoms with E-state index in [1.165, 1.54) is 41.9 Å². The van der Waals surface area contributed by atoms with Gasteiger partial charge in [-0.2, -0.15) is 0 Å². The van der Waals surface area contributed by atoms with E-state index in [0.717, 1.165) is 6.42 Å². The largest absolute Gasteiger partial charge is 0.312 e. The van der Waals surface area contributed by atoms with E-state index >= 15 is 0 Å². The highest BCUT2D eigenvalue weighted by atomic mass is 32.1. The molecule has 2 heteroatoms. The number of nitrogens with one attached hydrogen (secondary N) is 1. The fraction of sp³-hybridized carbons (Fsp3) is 0.733. The smallest absolute Gasteiger partial charge is 0.0466 e. The van der Waals surface area contributed by atoms with Gasteiger partial charge in [0.05, 0.1) is 0 Å². The molecule has 1 aliphatic carbocycles. The lowest BCUT2D eigenvalue weighted by Crippen LogP contribution is -2.35. The summed E-state index contributed by atoms with van der Waals surface area (Å²) in [5.41, 5.74) is 0.461. The first-order chi connectivity index (χ1) is 8.19. The van der Waals surface area contributed by atoms with Gasteiger partial charge in [-0.05, 0) is 43.9 Å². The molecule has 1 aromatic heterocycles. The topological polar surface area (TPSA) is 12.0 Å². The molecule has 2 rings (SSSR count). The van der Waals surface area contributed by atoms with E-state index in [0.29, 0.717) is 11.5 Å². The van der Waals surface area contributed by atoms with Gasteiger partial charge in [-0.3, -0.25) is 0 Å². The standard InChI is InChI=1S/C15H25NS/c1-4-12-8-9-13(17-12)14(16-3)15(2)10-6-5-7-11-15/h8-9,14,16H,4-7,10-11H2,1-3H3. The van der Waals surface area contributed by atoms with E-state index in [-0.39, 0.29) is 0 Å². The summed E-state index contributed by atoms with van der Waals surface area (Å²) in [5, 5.41) is 3.58. The average Bonchev–Trinajstić information content (AvgIpc) is 2.79. The zero-order chi connectivity index (χ0) is 12.3. The van der Waals surface area contributed by atoms with Crippen molar-refractivity contribution in [3.05, 3.63) is 21.9 Å². The van der Waals surface area contributed by atoms with Gasteiger partial charge in [0, 0.05) is 15.8 Å². The van der Waals surface area contributed by atoms with Gasteiger partial charge in [0.25, 0.3) is 0 Å². The Bertz CT molecular complexity index is 350. The van der Waals surface area contributed by atoms with Crippen molar-refractivity contribution in [1.82, 2.24) is 5.32 Å². The van der Waals surface area contributed by atoms with Crippen LogP contribution in [0.25, 0.3) is 0 Å². The van der Waals surface area contributed by atoms with Crippen LogP contribution in [0.5, 0.6) is 0 Å². The van der Waals surface area contributed by atoms with Crippen LogP contribution in [-0.4, -0.2) is 7.05 Å². The van der Waals surface area contributed by atoms with Crippen LogP contribution in [0.1, 0.15) is 61.7 Å². The molecule has 0 amide bonds. The maximum absolute atomic E-state index is 3.58. The summed E-state index contributed by atoms with van der Waals surface area (Å²) in [6, 6.07) is 5.19. The second-order valence-corrected chi connectivity index (χ2v) is 6.79. The second kappa shape index (κ2) is 5.53. The van der Waals surface area contributed by atoms with Crippen molar-refractivity contribution in [2.75, 3.05) is 7.05 Å². The predicted octanol–water partition coefficient (Wildman–Crippen LogP) is 4.54. The van der Waals surface area contributed by atoms with Crippen molar-refractivity contribution >= 4 is 11.3 Å². The average molecular weight is 251 g/mol. The van der Waals surface area contributed by atoms with Crippen molar-refractivity contribution in [2.45, 2.75) is 58.4 Å². The molecule has 1 unspecified atom stereocenters. The van der Waals surface area contributed by atoms with Gasteiger partial charge < -0.3 is 5.32 Å². The molecule has 0 bridgehead atoms. The molecule has 1 aliphatic rings. The van der Waals surface area contributed by atoms with Crippen LogP contribution in [0.3, 0.4) is 0 Å². The third-order valence-corrected chi connectivity index (χ3v) is 5.59. The van der Waals surface area contributed by atoms with E-state index in [2.05, 4.69) is 38.3 Å². The molecule has 96 valence electrons. The van der Waals surface area contributed by atoms with E-state index in [4.69, 9.17) is 0 Å². The second-order valence-electron chi connectivity index (χ2n) is 5.59. The fourth-order valence-electron chi connectivity index (χ4n) is 3.22. The lowest BCUT2D eigenvalue weighted by Gasteiger charge is -2.40. The van der Waals surface area contributed by atoms with Crippen LogP contribution in [0.15, 0.2) is 12.1 Å². The first-order valence-corrected chi connectivity index (χ1v) is 7.77. The summed E-state index contributed by atoms with van der Waals surface area (Å²) in [5.74, 6) is 0. The molecule has 1 N–H and O–H groups in total. The summed E-state index contributed by atoms with van der Waals surface area (Å²) in [6.07, 6.45) is 8.14. The van der Waals surface area contributed by atoms with Gasteiger partial charge in [0.1, 0.15) is 0 Å². The zero-order valence-corrected chi connectivity index (χ0v) is 12.2. The molecule has 1 aromatic rings. The van der Waals surface area contributed by atoms with Crippen molar-refractivity contribution in [2.24, 2.45) is 5.41 Å². The van der Waals surface area contributed by atoms with Crippen LogP contribution >= 0.6 is 11.3 Å². The lowest BCUT2D eigenvalue weighted by atomic mass is 9.70. The van der Waals surface area contributed by atoms with Crippen molar-refractivity contribution in [3.8, 4) is 0 Å². The molecule has 1 fully saturated rings. The molecule has 0 spiro atoms. The van der Waals surface area contributed by atoms with Gasteiger partial charge in [-0.25, -0.2) is 0 Å². The van der Waals surface area contributed by atoms with Crippen molar-refractivity contribution in [3.63, 3.8) is 0 Å². The molecular formula is C15H25NS. The Labute approximate surface area is 110 Å². The Morgan fingerprint density at radius 1 is 1.29 bits per heavy atom. The first kappa shape index (κ1) is 13.1. The van der Waals surface area contributed by atoms with E-state index < -0.39 is 0 Å². The minimum atomic E-state index is 0.461. The monoisotopic (exact) mass is 251 g/mol. The van der Waals surface area contributed by atoms with Gasteiger partial charge in [0.2, 0.25) is 0 Å². The SMILES string of the molecule is CCc1ccc(C(NC)C2(C)CCCCC2)s1. The number of thiophene rings is 1. The Morgan fingerprint density at radius 2 is 2.00 bits per heavy atom. The summed E-state index contributed by atoms with van der Waals surface area (Å²) in [6.45, 7) is 4.71. The Balaban J connectivity index is 2.19. The molecule has 1 saturated carbocycles. The molecule has 0 saturated heterocycles. The van der Waals surface area contributed by atoms with Crippen molar-refractivity contribution < 1.29 is 0 Å². The Kier molecular flexibility index (Phi) is 4.26. The molecule has 0 aliphatic heterocycles. The molecule has 0 radical (unpaired) electrons. The highest BCUT2D eigenvalue weighted by Crippen LogP contribution is 2.46. The van der Waals surface area contributed by atoms with E-state index in [9.17, 15) is 0 Å². The maximum Gasteiger partial charge on any atom is 0.0466 e. The van der Waals surface area contributed by atoms with Crippen LogP contribution < -0.4 is 5.32 Å². The highest BCUT2D eigenvalue weighted by Gasteiger charge is 2.36. The first-order valence-electron chi connectivity index (χ1n) is 6.95. The summed E-state index contributed by atoms with van der Waals surface area (Å²) in [4.78, 5) is 3.05. The highest BCUT2D eigenvalue weighted by molar-refractivity contribution is 7.12. The quantitative estimate of drug-likeness (QED) is 0.828. The third-order valence-electron chi connectivity index (χ3n) is 4.30. The number of hydrogen-bond donors (Lipinski definition) is 1. The normalized spacial score (nSPS) is 21.4. The Morgan fingerprint density at radius 3 is 2.53 bits per heavy atom. The fourth-order valence-corrected chi connectivity index (χ4v) is 4.46. The minimum Gasteiger partial charge on any atom is -0.312 e. The maximum atomic E-state index is 3.58. The molecular weight excluding hydrogens is 226 g/mol. The summed E-state index contributed by atoms with van der Waals surface area (Å²) in [7, 11) is 2.12. The summed E-state index contributed by atoms with van der Waals surface area (Å²) < 4.78 is 0. The van der Waals surface area contributed by atoms with E-state index in [1.807, 2.05) is 11.3 Å². The molecule has 0 aromatic carbocycles. The van der Waals surface area contributed by atoms with Gasteiger partial charge >= 0.3 is 0 Å². The number of aryl methyl sites for hydroxylation is 1. The minimum absolute atomic E-state index is 0.461. The van der Waals surface area contributed by atoms with Crippen LogP contribution in [0, 0.1) is 5.41 Å². The van der Waals surface area contributed by atoms with Crippen LogP contribution in [-0.2, 0) is 6.42 Å². The third kappa shape index (κ3) is 2.74. The molecule has 17 heavy (non-hydrogen) atoms. The van der Waals surface area contributed by atoms with Gasteiger partial charge in [-0.1, -0.05) is 33.1 Å². The molecule has 1 atom stereocenters. The van der Waals surface area contributed by atoms with Gasteiger partial charge in [-0.15, -0.1) is 11.3 Å². The molecule has 1 nitrogen and oxygen atoms in total. The zero-order valence-electron chi connectivity index (χ0n) is 11.4. The van der Waals surface area contributed by atoms with Crippen LogP contribution in [0.2, 0.25) is 0 Å².